The number of pyridine rings is 1. The predicted molar refractivity (Wildman–Crippen MR) is 94.1 cm³/mol. The largest absolute Gasteiger partial charge is 0.382 e. The van der Waals surface area contributed by atoms with Crippen molar-refractivity contribution in [2.45, 2.75) is 0 Å². The summed E-state index contributed by atoms with van der Waals surface area (Å²) in [5, 5.41) is 3.37. The Kier molecular flexibility index (Phi) is 4.59. The van der Waals surface area contributed by atoms with Crippen LogP contribution in [0.2, 0.25) is 10.0 Å². The third kappa shape index (κ3) is 3.29. The van der Waals surface area contributed by atoms with Crippen molar-refractivity contribution in [3.63, 3.8) is 0 Å². The lowest BCUT2D eigenvalue weighted by Gasteiger charge is -2.09. The minimum absolute atomic E-state index is 0.00704. The molecule has 0 radical (unpaired) electrons. The molecular formula is C16H11Cl2N5O. The molecular weight excluding hydrogens is 349 g/mol. The van der Waals surface area contributed by atoms with Crippen LogP contribution in [0.3, 0.4) is 0 Å². The molecule has 3 rings (SSSR count). The van der Waals surface area contributed by atoms with Crippen LogP contribution in [0.4, 0.5) is 11.5 Å². The summed E-state index contributed by atoms with van der Waals surface area (Å²) in [7, 11) is 0. The molecule has 0 aliphatic heterocycles. The average molecular weight is 360 g/mol. The number of carbonyl (C=O) groups excluding carboxylic acids is 1. The molecule has 0 aliphatic carbocycles. The second-order valence-electron chi connectivity index (χ2n) is 4.79. The number of carbonyl (C=O) groups is 1. The molecule has 0 saturated carbocycles. The van der Waals surface area contributed by atoms with Crippen molar-refractivity contribution >= 4 is 40.6 Å². The zero-order valence-corrected chi connectivity index (χ0v) is 13.7. The Hall–Kier alpha value is -2.70. The van der Waals surface area contributed by atoms with Crippen LogP contribution in [-0.2, 0) is 0 Å². The molecule has 2 aromatic heterocycles. The normalized spacial score (nSPS) is 10.4. The third-order valence-corrected chi connectivity index (χ3v) is 3.98. The van der Waals surface area contributed by atoms with E-state index in [0.29, 0.717) is 27.0 Å². The molecule has 0 spiro atoms. The quantitative estimate of drug-likeness (QED) is 0.743. The summed E-state index contributed by atoms with van der Waals surface area (Å²) in [5.41, 5.74) is 7.26. The first kappa shape index (κ1) is 16.2. The van der Waals surface area contributed by atoms with Gasteiger partial charge in [0.1, 0.15) is 0 Å². The van der Waals surface area contributed by atoms with Gasteiger partial charge in [0.2, 0.25) is 0 Å². The molecule has 0 aliphatic rings. The molecule has 0 unspecified atom stereocenters. The van der Waals surface area contributed by atoms with Crippen molar-refractivity contribution in [3.05, 3.63) is 64.7 Å². The summed E-state index contributed by atoms with van der Waals surface area (Å²) in [6.45, 7) is 0. The molecule has 120 valence electrons. The van der Waals surface area contributed by atoms with Gasteiger partial charge in [-0.3, -0.25) is 9.78 Å². The van der Waals surface area contributed by atoms with Crippen LogP contribution in [0.1, 0.15) is 10.5 Å². The van der Waals surface area contributed by atoms with Crippen LogP contribution in [-0.4, -0.2) is 20.9 Å². The number of nitrogens with zero attached hydrogens (tertiary/aromatic N) is 3. The van der Waals surface area contributed by atoms with Crippen LogP contribution in [0.25, 0.3) is 11.3 Å². The smallest absolute Gasteiger partial charge is 0.278 e. The van der Waals surface area contributed by atoms with Gasteiger partial charge in [-0.15, -0.1) is 0 Å². The van der Waals surface area contributed by atoms with Gasteiger partial charge in [-0.05, 0) is 18.2 Å². The lowest BCUT2D eigenvalue weighted by molar-refractivity contribution is 0.102. The summed E-state index contributed by atoms with van der Waals surface area (Å²) < 4.78 is 0. The lowest BCUT2D eigenvalue weighted by atomic mass is 10.1. The number of nitrogens with one attached hydrogen (secondary N) is 1. The first-order valence-electron chi connectivity index (χ1n) is 6.84. The van der Waals surface area contributed by atoms with E-state index in [4.69, 9.17) is 28.9 Å². The fourth-order valence-corrected chi connectivity index (χ4v) is 2.42. The Morgan fingerprint density at radius 2 is 1.96 bits per heavy atom. The van der Waals surface area contributed by atoms with E-state index in [2.05, 4.69) is 20.3 Å². The van der Waals surface area contributed by atoms with Gasteiger partial charge in [-0.2, -0.15) is 0 Å². The summed E-state index contributed by atoms with van der Waals surface area (Å²) in [6.07, 6.45) is 4.55. The second kappa shape index (κ2) is 6.82. The van der Waals surface area contributed by atoms with Crippen LogP contribution in [0.15, 0.2) is 48.9 Å². The third-order valence-electron chi connectivity index (χ3n) is 3.16. The Morgan fingerprint density at radius 1 is 1.12 bits per heavy atom. The van der Waals surface area contributed by atoms with E-state index in [1.54, 1.807) is 36.5 Å². The van der Waals surface area contributed by atoms with Gasteiger partial charge in [0.25, 0.3) is 5.91 Å². The topological polar surface area (TPSA) is 93.8 Å². The number of hydrogen-bond donors (Lipinski definition) is 2. The van der Waals surface area contributed by atoms with Crippen molar-refractivity contribution in [2.24, 2.45) is 0 Å². The highest BCUT2D eigenvalue weighted by Gasteiger charge is 2.16. The van der Waals surface area contributed by atoms with E-state index in [-0.39, 0.29) is 11.5 Å². The highest BCUT2D eigenvalue weighted by atomic mass is 35.5. The van der Waals surface area contributed by atoms with Crippen LogP contribution >= 0.6 is 23.2 Å². The minimum Gasteiger partial charge on any atom is -0.382 e. The SMILES string of the molecule is Nc1ncc(-c2cccc(Cl)c2Cl)nc1C(=O)Nc1cccnc1. The van der Waals surface area contributed by atoms with Crippen molar-refractivity contribution < 1.29 is 4.79 Å². The maximum atomic E-state index is 12.4. The van der Waals surface area contributed by atoms with Gasteiger partial charge in [0.05, 0.1) is 33.8 Å². The number of benzene rings is 1. The van der Waals surface area contributed by atoms with Crippen molar-refractivity contribution in [1.29, 1.82) is 0 Å². The molecule has 0 fully saturated rings. The summed E-state index contributed by atoms with van der Waals surface area (Å²) in [4.78, 5) is 24.6. The Bertz CT molecular complexity index is 902. The number of amides is 1. The zero-order valence-electron chi connectivity index (χ0n) is 12.2. The number of anilines is 2. The standard InChI is InChI=1S/C16H11Cl2N5O/c17-11-5-1-4-10(13(11)18)12-8-21-15(19)14(23-12)16(24)22-9-3-2-6-20-7-9/h1-8H,(H2,19,21)(H,22,24). The second-order valence-corrected chi connectivity index (χ2v) is 5.57. The van der Waals surface area contributed by atoms with Crippen molar-refractivity contribution in [1.82, 2.24) is 15.0 Å². The molecule has 1 aromatic carbocycles. The molecule has 0 saturated heterocycles. The molecule has 1 amide bonds. The molecule has 0 atom stereocenters. The van der Waals surface area contributed by atoms with Crippen molar-refractivity contribution in [3.8, 4) is 11.3 Å². The Balaban J connectivity index is 1.97. The number of rotatable bonds is 3. The predicted octanol–water partition coefficient (Wildman–Crippen LogP) is 3.68. The fraction of sp³-hybridized carbons (Fsp3) is 0. The van der Waals surface area contributed by atoms with E-state index < -0.39 is 5.91 Å². The van der Waals surface area contributed by atoms with E-state index in [0.717, 1.165) is 0 Å². The van der Waals surface area contributed by atoms with Gasteiger partial charge in [0, 0.05) is 11.8 Å². The summed E-state index contributed by atoms with van der Waals surface area (Å²) in [6, 6.07) is 8.53. The van der Waals surface area contributed by atoms with Gasteiger partial charge >= 0.3 is 0 Å². The maximum Gasteiger partial charge on any atom is 0.278 e. The molecule has 3 aromatic rings. The monoisotopic (exact) mass is 359 g/mol. The first-order valence-corrected chi connectivity index (χ1v) is 7.60. The summed E-state index contributed by atoms with van der Waals surface area (Å²) >= 11 is 12.2. The van der Waals surface area contributed by atoms with Crippen LogP contribution in [0, 0.1) is 0 Å². The zero-order chi connectivity index (χ0) is 17.1. The van der Waals surface area contributed by atoms with E-state index >= 15 is 0 Å². The highest BCUT2D eigenvalue weighted by Crippen LogP contribution is 2.32. The average Bonchev–Trinajstić information content (AvgIpc) is 2.59. The minimum atomic E-state index is -0.493. The number of aromatic nitrogens is 3. The molecule has 3 N–H and O–H groups in total. The van der Waals surface area contributed by atoms with Gasteiger partial charge in [-0.25, -0.2) is 9.97 Å². The lowest BCUT2D eigenvalue weighted by Crippen LogP contribution is -2.17. The molecule has 6 nitrogen and oxygen atoms in total. The van der Waals surface area contributed by atoms with Gasteiger partial charge in [-0.1, -0.05) is 35.3 Å². The van der Waals surface area contributed by atoms with Crippen molar-refractivity contribution in [2.75, 3.05) is 11.1 Å². The maximum absolute atomic E-state index is 12.4. The van der Waals surface area contributed by atoms with E-state index in [9.17, 15) is 4.79 Å². The fourth-order valence-electron chi connectivity index (χ4n) is 2.02. The first-order chi connectivity index (χ1) is 11.6. The van der Waals surface area contributed by atoms with Gasteiger partial charge in [0.15, 0.2) is 11.5 Å². The van der Waals surface area contributed by atoms with Crippen LogP contribution in [0.5, 0.6) is 0 Å². The Labute approximate surface area is 147 Å². The Morgan fingerprint density at radius 3 is 2.71 bits per heavy atom. The van der Waals surface area contributed by atoms with Gasteiger partial charge < -0.3 is 11.1 Å². The number of nitrogen functional groups attached to an aromatic ring is 1. The molecule has 0 bridgehead atoms. The highest BCUT2D eigenvalue weighted by molar-refractivity contribution is 6.43. The number of hydrogen-bond acceptors (Lipinski definition) is 5. The van der Waals surface area contributed by atoms with Crippen LogP contribution < -0.4 is 11.1 Å². The molecule has 2 heterocycles. The molecule has 24 heavy (non-hydrogen) atoms. The number of halogens is 2. The van der Waals surface area contributed by atoms with E-state index in [1.165, 1.54) is 12.4 Å². The number of nitrogens with two attached hydrogens (primary N) is 1. The summed E-state index contributed by atoms with van der Waals surface area (Å²) in [5.74, 6) is -0.480. The van der Waals surface area contributed by atoms with E-state index in [1.807, 2.05) is 0 Å². The molecule has 8 heteroatoms.